The smallest absolute Gasteiger partial charge is 0.243 e. The van der Waals surface area contributed by atoms with Crippen LogP contribution in [0.25, 0.3) is 0 Å². The minimum Gasteiger partial charge on any atom is -0.497 e. The molecule has 9 heteroatoms. The number of nitrogens with one attached hydrogen (secondary N) is 1. The molecule has 0 aromatic heterocycles. The zero-order valence-electron chi connectivity index (χ0n) is 21.5. The minimum atomic E-state index is -3.91. The Balaban J connectivity index is 1.95. The van der Waals surface area contributed by atoms with Crippen LogP contribution in [0.2, 0.25) is 0 Å². The molecule has 0 radical (unpaired) electrons. The molecular weight excluding hydrogens is 490 g/mol. The monoisotopic (exact) mass is 523 g/mol. The van der Waals surface area contributed by atoms with Gasteiger partial charge >= 0.3 is 0 Å². The molecule has 3 aromatic carbocycles. The summed E-state index contributed by atoms with van der Waals surface area (Å²) in [5.41, 5.74) is 2.55. The fraction of sp³-hybridized carbons (Fsp3) is 0.286. The van der Waals surface area contributed by atoms with Gasteiger partial charge in [0.15, 0.2) is 0 Å². The Hall–Kier alpha value is -3.69. The van der Waals surface area contributed by atoms with Gasteiger partial charge in [0.1, 0.15) is 11.8 Å². The van der Waals surface area contributed by atoms with Crippen molar-refractivity contribution >= 4 is 21.8 Å². The maximum Gasteiger partial charge on any atom is 0.243 e. The average Bonchev–Trinajstić information content (AvgIpc) is 2.91. The second-order valence-electron chi connectivity index (χ2n) is 8.77. The number of nitrogens with zero attached hydrogens (tertiary/aromatic N) is 2. The van der Waals surface area contributed by atoms with Crippen molar-refractivity contribution in [2.45, 2.75) is 30.8 Å². The zero-order valence-corrected chi connectivity index (χ0v) is 22.4. The van der Waals surface area contributed by atoms with Crippen LogP contribution in [0, 0.1) is 6.92 Å². The molecule has 0 saturated carbocycles. The fourth-order valence-electron chi connectivity index (χ4n) is 3.94. The molecule has 0 aliphatic rings. The molecule has 1 unspecified atom stereocenters. The van der Waals surface area contributed by atoms with E-state index >= 15 is 0 Å². The largest absolute Gasteiger partial charge is 0.497 e. The fourth-order valence-corrected chi connectivity index (χ4v) is 5.06. The molecule has 3 rings (SSSR count). The Kier molecular flexibility index (Phi) is 9.43. The third-order valence-electron chi connectivity index (χ3n) is 6.09. The number of aryl methyl sites for hydroxylation is 1. The molecule has 196 valence electrons. The molecule has 1 atom stereocenters. The summed E-state index contributed by atoms with van der Waals surface area (Å²) >= 11 is 0. The zero-order chi connectivity index (χ0) is 27.0. The van der Waals surface area contributed by atoms with Crippen molar-refractivity contribution in [3.05, 3.63) is 95.6 Å². The molecule has 37 heavy (non-hydrogen) atoms. The topological polar surface area (TPSA) is 96.0 Å². The van der Waals surface area contributed by atoms with Crippen molar-refractivity contribution in [1.29, 1.82) is 0 Å². The molecule has 0 saturated heterocycles. The van der Waals surface area contributed by atoms with E-state index < -0.39 is 28.5 Å². The highest BCUT2D eigenvalue weighted by Gasteiger charge is 2.32. The number of methoxy groups -OCH3 is 1. The predicted octanol–water partition coefficient (Wildman–Crippen LogP) is 3.01. The summed E-state index contributed by atoms with van der Waals surface area (Å²) in [7, 11) is 0.519. The second-order valence-corrected chi connectivity index (χ2v) is 10.8. The summed E-state index contributed by atoms with van der Waals surface area (Å²) in [4.78, 5) is 28.3. The van der Waals surface area contributed by atoms with E-state index in [0.717, 1.165) is 21.0 Å². The Bertz CT molecular complexity index is 1310. The van der Waals surface area contributed by atoms with E-state index in [1.165, 1.54) is 31.1 Å². The van der Waals surface area contributed by atoms with Crippen molar-refractivity contribution in [1.82, 2.24) is 14.5 Å². The van der Waals surface area contributed by atoms with Crippen LogP contribution in [0.1, 0.15) is 16.7 Å². The lowest BCUT2D eigenvalue weighted by Crippen LogP contribution is -2.52. The van der Waals surface area contributed by atoms with Crippen LogP contribution < -0.4 is 10.1 Å². The van der Waals surface area contributed by atoms with Crippen LogP contribution in [0.5, 0.6) is 5.75 Å². The summed E-state index contributed by atoms with van der Waals surface area (Å²) in [6, 6.07) is 22.2. The van der Waals surface area contributed by atoms with E-state index in [4.69, 9.17) is 4.74 Å². The van der Waals surface area contributed by atoms with Gasteiger partial charge in [-0.1, -0.05) is 60.2 Å². The highest BCUT2D eigenvalue weighted by Crippen LogP contribution is 2.20. The van der Waals surface area contributed by atoms with Crippen LogP contribution in [-0.4, -0.2) is 63.2 Å². The van der Waals surface area contributed by atoms with Gasteiger partial charge in [0.25, 0.3) is 0 Å². The molecule has 0 spiro atoms. The van der Waals surface area contributed by atoms with Crippen molar-refractivity contribution < 1.29 is 22.7 Å². The van der Waals surface area contributed by atoms with Gasteiger partial charge in [0.05, 0.1) is 18.6 Å². The number of hydrogen-bond donors (Lipinski definition) is 1. The van der Waals surface area contributed by atoms with Crippen LogP contribution in [0.3, 0.4) is 0 Å². The van der Waals surface area contributed by atoms with E-state index in [-0.39, 0.29) is 23.8 Å². The Labute approximate surface area is 218 Å². The summed E-state index contributed by atoms with van der Waals surface area (Å²) < 4.78 is 32.6. The van der Waals surface area contributed by atoms with Crippen molar-refractivity contribution in [2.24, 2.45) is 0 Å². The quantitative estimate of drug-likeness (QED) is 0.417. The average molecular weight is 524 g/mol. The van der Waals surface area contributed by atoms with E-state index in [1.807, 2.05) is 43.3 Å². The molecule has 2 amide bonds. The van der Waals surface area contributed by atoms with Crippen LogP contribution in [0.15, 0.2) is 83.8 Å². The maximum atomic E-state index is 13.7. The van der Waals surface area contributed by atoms with Crippen LogP contribution in [0.4, 0.5) is 0 Å². The normalized spacial score (nSPS) is 12.1. The van der Waals surface area contributed by atoms with Gasteiger partial charge in [0, 0.05) is 27.1 Å². The van der Waals surface area contributed by atoms with E-state index in [1.54, 1.807) is 37.4 Å². The number of carbonyl (C=O) groups is 2. The van der Waals surface area contributed by atoms with Gasteiger partial charge in [-0.25, -0.2) is 8.42 Å². The van der Waals surface area contributed by atoms with Crippen molar-refractivity contribution in [3.63, 3.8) is 0 Å². The molecule has 0 aliphatic carbocycles. The standard InChI is InChI=1S/C28H33N3O5S/c1-21-13-15-25(16-14-21)37(34,35)30(3)20-27(32)31(19-23-11-8-12-24(17-23)36-4)26(28(33)29-2)18-22-9-6-5-7-10-22/h5-17,26H,18-20H2,1-4H3,(H,29,33). The Morgan fingerprint density at radius 3 is 2.22 bits per heavy atom. The molecule has 1 N–H and O–H groups in total. The Morgan fingerprint density at radius 2 is 1.59 bits per heavy atom. The number of carbonyl (C=O) groups excluding carboxylic acids is 2. The number of amides is 2. The van der Waals surface area contributed by atoms with Crippen molar-refractivity contribution in [2.75, 3.05) is 27.7 Å². The Morgan fingerprint density at radius 1 is 0.946 bits per heavy atom. The lowest BCUT2D eigenvalue weighted by Gasteiger charge is -2.32. The van der Waals surface area contributed by atoms with Gasteiger partial charge in [-0.05, 0) is 42.3 Å². The lowest BCUT2D eigenvalue weighted by molar-refractivity contribution is -0.141. The number of benzene rings is 3. The van der Waals surface area contributed by atoms with Crippen LogP contribution in [-0.2, 0) is 32.6 Å². The SMILES string of the molecule is CNC(=O)C(Cc1ccccc1)N(Cc1cccc(OC)c1)C(=O)CN(C)S(=O)(=O)c1ccc(C)cc1. The number of sulfonamides is 1. The third kappa shape index (κ3) is 7.18. The molecule has 0 bridgehead atoms. The number of hydrogen-bond acceptors (Lipinski definition) is 5. The molecule has 8 nitrogen and oxygen atoms in total. The molecule has 0 aliphatic heterocycles. The maximum absolute atomic E-state index is 13.7. The summed E-state index contributed by atoms with van der Waals surface area (Å²) in [5, 5.41) is 2.65. The van der Waals surface area contributed by atoms with Gasteiger partial charge < -0.3 is 15.0 Å². The summed E-state index contributed by atoms with van der Waals surface area (Å²) in [6.45, 7) is 1.54. The van der Waals surface area contributed by atoms with Gasteiger partial charge in [0.2, 0.25) is 21.8 Å². The van der Waals surface area contributed by atoms with Crippen molar-refractivity contribution in [3.8, 4) is 5.75 Å². The molecule has 0 heterocycles. The molecule has 0 fully saturated rings. The third-order valence-corrected chi connectivity index (χ3v) is 7.91. The highest BCUT2D eigenvalue weighted by molar-refractivity contribution is 7.89. The number of likely N-dealkylation sites (N-methyl/N-ethyl adjacent to an activating group) is 2. The first-order valence-electron chi connectivity index (χ1n) is 11.9. The van der Waals surface area contributed by atoms with Gasteiger partial charge in [-0.2, -0.15) is 4.31 Å². The van der Waals surface area contributed by atoms with E-state index in [2.05, 4.69) is 5.32 Å². The predicted molar refractivity (Wildman–Crippen MR) is 143 cm³/mol. The van der Waals surface area contributed by atoms with Crippen LogP contribution >= 0.6 is 0 Å². The number of ether oxygens (including phenoxy) is 1. The van der Waals surface area contributed by atoms with Gasteiger partial charge in [-0.3, -0.25) is 9.59 Å². The highest BCUT2D eigenvalue weighted by atomic mass is 32.2. The first-order valence-corrected chi connectivity index (χ1v) is 13.3. The summed E-state index contributed by atoms with van der Waals surface area (Å²) in [5.74, 6) is -0.224. The molecule has 3 aromatic rings. The van der Waals surface area contributed by atoms with Gasteiger partial charge in [-0.15, -0.1) is 0 Å². The second kappa shape index (κ2) is 12.5. The first kappa shape index (κ1) is 27.9. The summed E-state index contributed by atoms with van der Waals surface area (Å²) in [6.07, 6.45) is 0.269. The minimum absolute atomic E-state index is 0.0966. The lowest BCUT2D eigenvalue weighted by atomic mass is 10.0. The number of rotatable bonds is 11. The first-order chi connectivity index (χ1) is 17.6. The van der Waals surface area contributed by atoms with E-state index in [0.29, 0.717) is 5.75 Å². The molecular formula is C28H33N3O5S. The van der Waals surface area contributed by atoms with E-state index in [9.17, 15) is 18.0 Å².